The summed E-state index contributed by atoms with van der Waals surface area (Å²) in [7, 11) is 1.50. The average molecular weight is 426 g/mol. The van der Waals surface area contributed by atoms with Gasteiger partial charge >= 0.3 is 6.18 Å². The molecule has 10 heteroatoms. The van der Waals surface area contributed by atoms with E-state index in [2.05, 4.69) is 15.7 Å². The lowest BCUT2D eigenvalue weighted by atomic mass is 10.1. The first-order valence-corrected chi connectivity index (χ1v) is 9.78. The Kier molecular flexibility index (Phi) is 7.20. The van der Waals surface area contributed by atoms with Crippen molar-refractivity contribution in [1.29, 1.82) is 0 Å². The van der Waals surface area contributed by atoms with Crippen molar-refractivity contribution in [2.24, 2.45) is 0 Å². The van der Waals surface area contributed by atoms with Gasteiger partial charge in [0.25, 0.3) is 0 Å². The third-order valence-corrected chi connectivity index (χ3v) is 4.90. The number of anilines is 2. The van der Waals surface area contributed by atoms with Gasteiger partial charge in [0.15, 0.2) is 0 Å². The minimum Gasteiger partial charge on any atom is -0.489 e. The molecule has 1 saturated carbocycles. The van der Waals surface area contributed by atoms with Crippen molar-refractivity contribution in [2.45, 2.75) is 37.9 Å². The van der Waals surface area contributed by atoms with E-state index < -0.39 is 17.6 Å². The summed E-state index contributed by atoms with van der Waals surface area (Å²) in [5, 5.41) is 9.81. The van der Waals surface area contributed by atoms with E-state index in [9.17, 15) is 18.0 Å². The summed E-state index contributed by atoms with van der Waals surface area (Å²) in [6, 6.07) is 5.06. The molecule has 1 fully saturated rings. The minimum absolute atomic E-state index is 0.0837. The van der Waals surface area contributed by atoms with E-state index in [4.69, 9.17) is 9.47 Å². The predicted octanol–water partition coefficient (Wildman–Crippen LogP) is 4.09. The molecule has 2 N–H and O–H groups in total. The summed E-state index contributed by atoms with van der Waals surface area (Å²) in [6.07, 6.45) is 1.39. The van der Waals surface area contributed by atoms with Gasteiger partial charge in [-0.05, 0) is 31.0 Å². The molecule has 0 saturated heterocycles. The Labute approximate surface area is 172 Å². The summed E-state index contributed by atoms with van der Waals surface area (Å²) in [6.45, 7) is 0.229. The standard InChI is InChI=1S/C20H25F3N4O3/c1-29-10-11-30-17-7-6-14(20(21,22)23)12-16(17)24-13-19(28)26-18-8-9-25-27(18)15-4-2-3-5-15/h6-9,12,15,24H,2-5,10-11,13H2,1H3,(H,26,28). The molecule has 1 aromatic heterocycles. The Morgan fingerprint density at radius 3 is 2.70 bits per heavy atom. The summed E-state index contributed by atoms with van der Waals surface area (Å²) < 4.78 is 51.4. The van der Waals surface area contributed by atoms with Crippen LogP contribution in [0, 0.1) is 0 Å². The van der Waals surface area contributed by atoms with Crippen molar-refractivity contribution in [2.75, 3.05) is 37.5 Å². The first kappa shape index (κ1) is 21.9. The molecular weight excluding hydrogens is 401 g/mol. The molecule has 0 unspecified atom stereocenters. The van der Waals surface area contributed by atoms with Gasteiger partial charge in [-0.3, -0.25) is 4.79 Å². The highest BCUT2D eigenvalue weighted by atomic mass is 19.4. The van der Waals surface area contributed by atoms with E-state index in [0.29, 0.717) is 5.82 Å². The number of benzene rings is 1. The fourth-order valence-corrected chi connectivity index (χ4v) is 3.42. The number of halogens is 3. The van der Waals surface area contributed by atoms with Gasteiger partial charge in [-0.25, -0.2) is 4.68 Å². The number of nitrogens with one attached hydrogen (secondary N) is 2. The number of amides is 1. The van der Waals surface area contributed by atoms with Crippen LogP contribution in [0.5, 0.6) is 5.75 Å². The molecule has 0 aliphatic heterocycles. The Hall–Kier alpha value is -2.75. The molecule has 1 aliphatic carbocycles. The van der Waals surface area contributed by atoms with Crippen molar-refractivity contribution in [1.82, 2.24) is 9.78 Å². The number of nitrogens with zero attached hydrogens (tertiary/aromatic N) is 2. The molecule has 7 nitrogen and oxygen atoms in total. The van der Waals surface area contributed by atoms with E-state index in [0.717, 1.165) is 37.8 Å². The summed E-state index contributed by atoms with van der Waals surface area (Å²) in [4.78, 5) is 12.4. The zero-order valence-corrected chi connectivity index (χ0v) is 16.7. The zero-order valence-electron chi connectivity index (χ0n) is 16.7. The highest BCUT2D eigenvalue weighted by Crippen LogP contribution is 2.35. The number of aromatic nitrogens is 2. The van der Waals surface area contributed by atoms with Crippen LogP contribution in [0.3, 0.4) is 0 Å². The van der Waals surface area contributed by atoms with Crippen LogP contribution in [0.1, 0.15) is 37.3 Å². The first-order valence-electron chi connectivity index (χ1n) is 9.78. The monoisotopic (exact) mass is 426 g/mol. The van der Waals surface area contributed by atoms with Crippen LogP contribution in [0.4, 0.5) is 24.7 Å². The molecule has 1 amide bonds. The van der Waals surface area contributed by atoms with Crippen LogP contribution in [0.2, 0.25) is 0 Å². The molecule has 1 aliphatic rings. The van der Waals surface area contributed by atoms with Crippen LogP contribution < -0.4 is 15.4 Å². The number of carbonyl (C=O) groups excluding carboxylic acids is 1. The number of methoxy groups -OCH3 is 1. The summed E-state index contributed by atoms with van der Waals surface area (Å²) in [5.74, 6) is 0.396. The molecule has 3 rings (SSSR count). The second kappa shape index (κ2) is 9.84. The second-order valence-corrected chi connectivity index (χ2v) is 7.05. The first-order chi connectivity index (χ1) is 14.4. The van der Waals surface area contributed by atoms with Crippen LogP contribution in [0.15, 0.2) is 30.5 Å². The maximum Gasteiger partial charge on any atom is 0.416 e. The van der Waals surface area contributed by atoms with Gasteiger partial charge in [-0.2, -0.15) is 18.3 Å². The quantitative estimate of drug-likeness (QED) is 0.591. The topological polar surface area (TPSA) is 77.4 Å². The van der Waals surface area contributed by atoms with Crippen molar-refractivity contribution in [3.8, 4) is 5.75 Å². The van der Waals surface area contributed by atoms with Gasteiger partial charge in [0.05, 0.1) is 36.6 Å². The molecule has 0 spiro atoms. The minimum atomic E-state index is -4.50. The molecular formula is C20H25F3N4O3. The summed E-state index contributed by atoms with van der Waals surface area (Å²) in [5.41, 5.74) is -0.746. The lowest BCUT2D eigenvalue weighted by Crippen LogP contribution is -2.24. The highest BCUT2D eigenvalue weighted by molar-refractivity contribution is 5.93. The van der Waals surface area contributed by atoms with Gasteiger partial charge in [0, 0.05) is 13.2 Å². The number of alkyl halides is 3. The van der Waals surface area contributed by atoms with Crippen LogP contribution in [-0.2, 0) is 15.7 Å². The molecule has 0 atom stereocenters. The van der Waals surface area contributed by atoms with Gasteiger partial charge in [0.1, 0.15) is 18.2 Å². The highest BCUT2D eigenvalue weighted by Gasteiger charge is 2.31. The third-order valence-electron chi connectivity index (χ3n) is 4.90. The van der Waals surface area contributed by atoms with E-state index in [1.54, 1.807) is 16.9 Å². The van der Waals surface area contributed by atoms with E-state index in [1.165, 1.54) is 13.2 Å². The SMILES string of the molecule is COCCOc1ccc(C(F)(F)F)cc1NCC(=O)Nc1ccnn1C1CCCC1. The Morgan fingerprint density at radius 2 is 2.00 bits per heavy atom. The van der Waals surface area contributed by atoms with E-state index in [-0.39, 0.29) is 37.2 Å². The number of carbonyl (C=O) groups is 1. The van der Waals surface area contributed by atoms with Crippen LogP contribution in [0.25, 0.3) is 0 Å². The number of rotatable bonds is 9. The van der Waals surface area contributed by atoms with Gasteiger partial charge in [0.2, 0.25) is 5.91 Å². The molecule has 164 valence electrons. The van der Waals surface area contributed by atoms with E-state index in [1.807, 2.05) is 0 Å². The average Bonchev–Trinajstić information content (AvgIpc) is 3.38. The lowest BCUT2D eigenvalue weighted by molar-refractivity contribution is -0.137. The zero-order chi connectivity index (χ0) is 21.6. The fourth-order valence-electron chi connectivity index (χ4n) is 3.42. The number of hydrogen-bond donors (Lipinski definition) is 2. The molecule has 0 radical (unpaired) electrons. The lowest BCUT2D eigenvalue weighted by Gasteiger charge is -2.17. The second-order valence-electron chi connectivity index (χ2n) is 7.05. The molecule has 0 bridgehead atoms. The Morgan fingerprint density at radius 1 is 1.23 bits per heavy atom. The molecule has 1 aromatic carbocycles. The Bertz CT molecular complexity index is 848. The predicted molar refractivity (Wildman–Crippen MR) is 106 cm³/mol. The third kappa shape index (κ3) is 5.65. The molecule has 1 heterocycles. The molecule has 30 heavy (non-hydrogen) atoms. The van der Waals surface area contributed by atoms with Crippen molar-refractivity contribution in [3.05, 3.63) is 36.0 Å². The smallest absolute Gasteiger partial charge is 0.416 e. The van der Waals surface area contributed by atoms with Crippen molar-refractivity contribution in [3.63, 3.8) is 0 Å². The summed E-state index contributed by atoms with van der Waals surface area (Å²) >= 11 is 0. The van der Waals surface area contributed by atoms with Gasteiger partial charge in [-0.15, -0.1) is 0 Å². The largest absolute Gasteiger partial charge is 0.489 e. The van der Waals surface area contributed by atoms with E-state index >= 15 is 0 Å². The molecule has 2 aromatic rings. The van der Waals surface area contributed by atoms with Gasteiger partial charge in [-0.1, -0.05) is 12.8 Å². The van der Waals surface area contributed by atoms with Gasteiger partial charge < -0.3 is 20.1 Å². The normalized spacial score (nSPS) is 14.7. The number of ether oxygens (including phenoxy) is 2. The maximum absolute atomic E-state index is 13.1. The van der Waals surface area contributed by atoms with Crippen LogP contribution >= 0.6 is 0 Å². The van der Waals surface area contributed by atoms with Crippen molar-refractivity contribution < 1.29 is 27.4 Å². The fraction of sp³-hybridized carbons (Fsp3) is 0.500. The van der Waals surface area contributed by atoms with Crippen molar-refractivity contribution >= 4 is 17.4 Å². The Balaban J connectivity index is 1.66. The maximum atomic E-state index is 13.1. The van der Waals surface area contributed by atoms with Crippen LogP contribution in [-0.4, -0.2) is 42.6 Å². The number of hydrogen-bond acceptors (Lipinski definition) is 5.